The van der Waals surface area contributed by atoms with Gasteiger partial charge in [0.05, 0.1) is 13.4 Å². The molecule has 0 aliphatic carbocycles. The maximum atomic E-state index is 12.9. The van der Waals surface area contributed by atoms with Crippen LogP contribution in [-0.4, -0.2) is 63.6 Å². The minimum atomic E-state index is -5.22. The maximum absolute atomic E-state index is 12.9. The highest BCUT2D eigenvalue weighted by atomic mass is 32.2. The molecule has 0 bridgehead atoms. The standard InChI is InChI=1S/C17H21BF3NO7S/c1-16(2,3)29-15(24)22(4)12-6-5-10(7-11(12)8-18)14(23)28-13(17(19,20)21)9-30(25,26)27/h5-7,13H,8-9H2,1-4H3,(H,25,26,27). The quantitative estimate of drug-likeness (QED) is 0.402. The molecule has 0 aromatic heterocycles. The number of halogens is 3. The van der Waals surface area contributed by atoms with Gasteiger partial charge in [0, 0.05) is 12.7 Å². The zero-order valence-electron chi connectivity index (χ0n) is 16.7. The second-order valence-electron chi connectivity index (χ2n) is 7.27. The summed E-state index contributed by atoms with van der Waals surface area (Å²) in [6.45, 7) is 4.97. The number of hydrogen-bond acceptors (Lipinski definition) is 6. The van der Waals surface area contributed by atoms with Crippen LogP contribution in [0, 0.1) is 0 Å². The monoisotopic (exact) mass is 451 g/mol. The molecular weight excluding hydrogens is 430 g/mol. The number of ether oxygens (including phenoxy) is 2. The lowest BCUT2D eigenvalue weighted by atomic mass is 9.93. The van der Waals surface area contributed by atoms with Gasteiger partial charge in [0.2, 0.25) is 6.10 Å². The number of esters is 1. The normalized spacial score (nSPS) is 13.5. The fourth-order valence-electron chi connectivity index (χ4n) is 2.22. The predicted molar refractivity (Wildman–Crippen MR) is 102 cm³/mol. The lowest BCUT2D eigenvalue weighted by Crippen LogP contribution is -2.39. The average Bonchev–Trinajstić information content (AvgIpc) is 2.56. The number of carbonyl (C=O) groups is 2. The number of anilines is 1. The number of alkyl halides is 3. The fraction of sp³-hybridized carbons (Fsp3) is 0.529. The van der Waals surface area contributed by atoms with Crippen molar-refractivity contribution in [2.45, 2.75) is 45.0 Å². The van der Waals surface area contributed by atoms with Crippen molar-refractivity contribution in [2.24, 2.45) is 0 Å². The molecule has 0 aliphatic heterocycles. The molecule has 1 aromatic carbocycles. The summed E-state index contributed by atoms with van der Waals surface area (Å²) in [5.41, 5.74) is -0.677. The summed E-state index contributed by atoms with van der Waals surface area (Å²) in [7, 11) is 1.93. The van der Waals surface area contributed by atoms with Gasteiger partial charge in [-0.1, -0.05) is 6.32 Å². The first-order valence-corrected chi connectivity index (χ1v) is 10.1. The number of hydrogen-bond donors (Lipinski definition) is 1. The molecule has 0 saturated carbocycles. The molecule has 1 atom stereocenters. The molecule has 2 radical (unpaired) electrons. The van der Waals surface area contributed by atoms with Gasteiger partial charge in [-0.15, -0.1) is 0 Å². The molecular formula is C17H21BF3NO7S. The van der Waals surface area contributed by atoms with Crippen LogP contribution in [0.1, 0.15) is 36.7 Å². The van der Waals surface area contributed by atoms with Crippen molar-refractivity contribution in [3.63, 3.8) is 0 Å². The van der Waals surface area contributed by atoms with Crippen molar-refractivity contribution < 1.29 is 45.2 Å². The van der Waals surface area contributed by atoms with Crippen LogP contribution in [0.3, 0.4) is 0 Å². The molecule has 13 heteroatoms. The number of benzene rings is 1. The van der Waals surface area contributed by atoms with E-state index in [1.165, 1.54) is 13.1 Å². The Morgan fingerprint density at radius 2 is 1.80 bits per heavy atom. The Morgan fingerprint density at radius 3 is 2.23 bits per heavy atom. The molecule has 30 heavy (non-hydrogen) atoms. The minimum Gasteiger partial charge on any atom is -0.448 e. The molecule has 8 nitrogen and oxygen atoms in total. The van der Waals surface area contributed by atoms with Crippen LogP contribution in [0.2, 0.25) is 0 Å². The molecule has 166 valence electrons. The Balaban J connectivity index is 3.14. The molecule has 1 rings (SSSR count). The molecule has 0 fully saturated rings. The molecule has 0 saturated heterocycles. The summed E-state index contributed by atoms with van der Waals surface area (Å²) in [6.07, 6.45) is -9.20. The van der Waals surface area contributed by atoms with E-state index in [0.29, 0.717) is 0 Å². The summed E-state index contributed by atoms with van der Waals surface area (Å²) in [5.74, 6) is -3.33. The van der Waals surface area contributed by atoms with Gasteiger partial charge in [0.15, 0.2) is 0 Å². The van der Waals surface area contributed by atoms with E-state index < -0.39 is 45.8 Å². The number of amides is 1. The molecule has 1 aromatic rings. The Morgan fingerprint density at radius 1 is 1.23 bits per heavy atom. The summed E-state index contributed by atoms with van der Waals surface area (Å²) in [6, 6.07) is 3.45. The van der Waals surface area contributed by atoms with Crippen molar-refractivity contribution in [2.75, 3.05) is 17.7 Å². The van der Waals surface area contributed by atoms with E-state index in [1.54, 1.807) is 20.8 Å². The predicted octanol–water partition coefficient (Wildman–Crippen LogP) is 2.70. The van der Waals surface area contributed by atoms with Crippen LogP contribution in [0.4, 0.5) is 23.7 Å². The fourth-order valence-corrected chi connectivity index (χ4v) is 2.86. The second kappa shape index (κ2) is 9.25. The highest BCUT2D eigenvalue weighted by Gasteiger charge is 2.45. The molecule has 1 unspecified atom stereocenters. The number of rotatable bonds is 6. The van der Waals surface area contributed by atoms with Gasteiger partial charge in [-0.25, -0.2) is 9.59 Å². The van der Waals surface area contributed by atoms with Crippen molar-refractivity contribution in [3.8, 4) is 0 Å². The summed E-state index contributed by atoms with van der Waals surface area (Å²) >= 11 is 0. The highest BCUT2D eigenvalue weighted by Crippen LogP contribution is 2.27. The average molecular weight is 451 g/mol. The third kappa shape index (κ3) is 7.86. The zero-order chi connectivity index (χ0) is 23.5. The van der Waals surface area contributed by atoms with Crippen molar-refractivity contribution in [3.05, 3.63) is 29.3 Å². The Kier molecular flexibility index (Phi) is 7.94. The van der Waals surface area contributed by atoms with Crippen LogP contribution >= 0.6 is 0 Å². The lowest BCUT2D eigenvalue weighted by Gasteiger charge is -2.26. The van der Waals surface area contributed by atoms with Gasteiger partial charge in [-0.05, 0) is 44.5 Å². The number of carbonyl (C=O) groups excluding carboxylic acids is 2. The van der Waals surface area contributed by atoms with Crippen LogP contribution < -0.4 is 4.90 Å². The van der Waals surface area contributed by atoms with E-state index in [9.17, 15) is 31.2 Å². The van der Waals surface area contributed by atoms with Gasteiger partial charge >= 0.3 is 18.2 Å². The largest absolute Gasteiger partial charge is 0.448 e. The van der Waals surface area contributed by atoms with Crippen LogP contribution in [-0.2, 0) is 25.9 Å². The van der Waals surface area contributed by atoms with E-state index in [-0.39, 0.29) is 23.1 Å². The van der Waals surface area contributed by atoms with Crippen molar-refractivity contribution >= 4 is 35.7 Å². The van der Waals surface area contributed by atoms with Crippen LogP contribution in [0.15, 0.2) is 18.2 Å². The van der Waals surface area contributed by atoms with Gasteiger partial charge < -0.3 is 9.47 Å². The second-order valence-corrected chi connectivity index (χ2v) is 8.77. The summed E-state index contributed by atoms with van der Waals surface area (Å²) < 4.78 is 78.5. The lowest BCUT2D eigenvalue weighted by molar-refractivity contribution is -0.197. The Bertz CT molecular complexity index is 898. The topological polar surface area (TPSA) is 110 Å². The van der Waals surface area contributed by atoms with Crippen molar-refractivity contribution in [1.29, 1.82) is 0 Å². The van der Waals surface area contributed by atoms with Crippen LogP contribution in [0.5, 0.6) is 0 Å². The van der Waals surface area contributed by atoms with Crippen LogP contribution in [0.25, 0.3) is 0 Å². The van der Waals surface area contributed by atoms with E-state index in [0.717, 1.165) is 17.0 Å². The zero-order valence-corrected chi connectivity index (χ0v) is 17.5. The highest BCUT2D eigenvalue weighted by molar-refractivity contribution is 7.85. The van der Waals surface area contributed by atoms with E-state index >= 15 is 0 Å². The van der Waals surface area contributed by atoms with Gasteiger partial charge in [0.25, 0.3) is 10.1 Å². The summed E-state index contributed by atoms with van der Waals surface area (Å²) in [4.78, 5) is 25.4. The molecule has 0 spiro atoms. The SMILES string of the molecule is [B]Cc1cc(C(=O)OC(CS(=O)(=O)O)C(F)(F)F)ccc1N(C)C(=O)OC(C)(C)C. The van der Waals surface area contributed by atoms with Gasteiger partial charge in [0.1, 0.15) is 11.4 Å². The third-order valence-corrected chi connectivity index (χ3v) is 4.26. The molecule has 1 amide bonds. The van der Waals surface area contributed by atoms with E-state index in [2.05, 4.69) is 4.74 Å². The summed E-state index contributed by atoms with van der Waals surface area (Å²) in [5, 5.41) is 0. The van der Waals surface area contributed by atoms with Crippen molar-refractivity contribution in [1.82, 2.24) is 0 Å². The van der Waals surface area contributed by atoms with Gasteiger partial charge in [-0.3, -0.25) is 9.45 Å². The van der Waals surface area contributed by atoms with E-state index in [1.807, 2.05) is 0 Å². The maximum Gasteiger partial charge on any atom is 0.426 e. The molecule has 0 aliphatic rings. The minimum absolute atomic E-state index is 0.183. The smallest absolute Gasteiger partial charge is 0.426 e. The first-order chi connectivity index (χ1) is 13.4. The first kappa shape index (κ1) is 25.8. The van der Waals surface area contributed by atoms with Gasteiger partial charge in [-0.2, -0.15) is 21.6 Å². The van der Waals surface area contributed by atoms with E-state index in [4.69, 9.17) is 17.1 Å². The Hall–Kier alpha value is -2.28. The third-order valence-electron chi connectivity index (χ3n) is 3.54. The first-order valence-electron chi connectivity index (χ1n) is 8.47. The number of nitrogens with zero attached hydrogens (tertiary/aromatic N) is 1. The molecule has 0 heterocycles. The molecule has 1 N–H and O–H groups in total. The Labute approximate surface area is 173 Å².